The zero-order chi connectivity index (χ0) is 9.97. The second-order valence-electron chi connectivity index (χ2n) is 3.41. The highest BCUT2D eigenvalue weighted by molar-refractivity contribution is 9.11. The van der Waals surface area contributed by atoms with Crippen molar-refractivity contribution in [1.29, 1.82) is 0 Å². The summed E-state index contributed by atoms with van der Waals surface area (Å²) in [5.41, 5.74) is 1.82. The molecule has 0 bridgehead atoms. The highest BCUT2D eigenvalue weighted by Crippen LogP contribution is 2.28. The minimum absolute atomic E-state index is 0.206. The van der Waals surface area contributed by atoms with Crippen molar-refractivity contribution in [3.05, 3.63) is 32.4 Å². The first-order chi connectivity index (χ1) is 6.79. The molecule has 0 fully saturated rings. The van der Waals surface area contributed by atoms with Gasteiger partial charge >= 0.3 is 0 Å². The number of rotatable bonds is 2. The van der Waals surface area contributed by atoms with Crippen molar-refractivity contribution in [3.63, 3.8) is 0 Å². The molecule has 1 aliphatic rings. The summed E-state index contributed by atoms with van der Waals surface area (Å²) >= 11 is 4.97. The average molecular weight is 271 g/mol. The van der Waals surface area contributed by atoms with Gasteiger partial charge in [-0.15, -0.1) is 11.3 Å². The van der Waals surface area contributed by atoms with Crippen LogP contribution in [0.2, 0.25) is 0 Å². The largest absolute Gasteiger partial charge is 0.289 e. The topological polar surface area (TPSA) is 17.1 Å². The molecule has 1 aromatic heterocycles. The Bertz CT molecular complexity index is 378. The van der Waals surface area contributed by atoms with E-state index in [1.807, 2.05) is 11.4 Å². The molecule has 0 aromatic carbocycles. The highest BCUT2D eigenvalue weighted by Gasteiger charge is 2.17. The fourth-order valence-electron chi connectivity index (χ4n) is 1.67. The monoisotopic (exact) mass is 270 g/mol. The molecule has 0 radical (unpaired) electrons. The number of hydrogen-bond acceptors (Lipinski definition) is 2. The Morgan fingerprint density at radius 1 is 1.43 bits per heavy atom. The van der Waals surface area contributed by atoms with E-state index in [4.69, 9.17) is 0 Å². The van der Waals surface area contributed by atoms with Crippen molar-refractivity contribution in [1.82, 2.24) is 0 Å². The zero-order valence-corrected chi connectivity index (χ0v) is 10.2. The molecule has 0 N–H and O–H groups in total. The van der Waals surface area contributed by atoms with E-state index >= 15 is 0 Å². The lowest BCUT2D eigenvalue weighted by atomic mass is 9.94. The Morgan fingerprint density at radius 3 is 2.86 bits per heavy atom. The molecule has 1 heterocycles. The fraction of sp³-hybridized carbons (Fsp3) is 0.364. The van der Waals surface area contributed by atoms with Gasteiger partial charge in [-0.05, 0) is 58.6 Å². The normalized spacial score (nSPS) is 16.5. The lowest BCUT2D eigenvalue weighted by molar-refractivity contribution is 0.102. The Labute approximate surface area is 96.0 Å². The third kappa shape index (κ3) is 1.98. The molecule has 1 nitrogen and oxygen atoms in total. The number of hydrogen-bond donors (Lipinski definition) is 0. The maximum atomic E-state index is 12.0. The summed E-state index contributed by atoms with van der Waals surface area (Å²) < 4.78 is 0.953. The van der Waals surface area contributed by atoms with Crippen molar-refractivity contribution < 1.29 is 4.79 Å². The molecule has 0 atom stereocenters. The molecule has 2 rings (SSSR count). The lowest BCUT2D eigenvalue weighted by Crippen LogP contribution is -2.05. The average Bonchev–Trinajstić information content (AvgIpc) is 2.65. The molecule has 14 heavy (non-hydrogen) atoms. The van der Waals surface area contributed by atoms with Gasteiger partial charge in [0.2, 0.25) is 0 Å². The number of carbonyl (C=O) groups is 1. The summed E-state index contributed by atoms with van der Waals surface area (Å²) in [6.07, 6.45) is 6.47. The van der Waals surface area contributed by atoms with Gasteiger partial charge in [-0.25, -0.2) is 0 Å². The van der Waals surface area contributed by atoms with Crippen molar-refractivity contribution in [2.75, 3.05) is 0 Å². The molecule has 3 heteroatoms. The highest BCUT2D eigenvalue weighted by atomic mass is 79.9. The fourth-order valence-corrected chi connectivity index (χ4v) is 2.92. The van der Waals surface area contributed by atoms with Gasteiger partial charge in [0.05, 0.1) is 3.79 Å². The Hall–Kier alpha value is -0.410. The van der Waals surface area contributed by atoms with Crippen molar-refractivity contribution in [3.8, 4) is 0 Å². The van der Waals surface area contributed by atoms with E-state index in [1.54, 1.807) is 11.3 Å². The predicted molar refractivity (Wildman–Crippen MR) is 62.9 cm³/mol. The number of halogens is 1. The summed E-state index contributed by atoms with van der Waals surface area (Å²) in [4.78, 5) is 12.0. The molecular weight excluding hydrogens is 260 g/mol. The maximum Gasteiger partial charge on any atom is 0.190 e. The molecular formula is C11H11BrOS. The van der Waals surface area contributed by atoms with Crippen LogP contribution in [0.1, 0.15) is 36.0 Å². The lowest BCUT2D eigenvalue weighted by Gasteiger charge is -2.10. The van der Waals surface area contributed by atoms with Crippen LogP contribution in [0.15, 0.2) is 26.9 Å². The molecule has 0 aliphatic heterocycles. The summed E-state index contributed by atoms with van der Waals surface area (Å²) in [5, 5.41) is 1.95. The van der Waals surface area contributed by atoms with Crippen LogP contribution >= 0.6 is 27.3 Å². The number of carbonyl (C=O) groups excluding carboxylic acids is 1. The van der Waals surface area contributed by atoms with E-state index in [1.165, 1.54) is 6.42 Å². The Morgan fingerprint density at radius 2 is 2.29 bits per heavy atom. The van der Waals surface area contributed by atoms with E-state index < -0.39 is 0 Å². The van der Waals surface area contributed by atoms with E-state index in [0.29, 0.717) is 0 Å². The van der Waals surface area contributed by atoms with Crippen molar-refractivity contribution in [2.45, 2.75) is 25.7 Å². The van der Waals surface area contributed by atoms with Gasteiger partial charge in [-0.1, -0.05) is 6.08 Å². The minimum atomic E-state index is 0.206. The smallest absolute Gasteiger partial charge is 0.190 e. The minimum Gasteiger partial charge on any atom is -0.289 e. The molecule has 74 valence electrons. The van der Waals surface area contributed by atoms with E-state index in [9.17, 15) is 4.79 Å². The van der Waals surface area contributed by atoms with Crippen LogP contribution < -0.4 is 0 Å². The zero-order valence-electron chi connectivity index (χ0n) is 7.75. The molecule has 0 unspecified atom stereocenters. The van der Waals surface area contributed by atoms with Crippen LogP contribution in [0, 0.1) is 0 Å². The molecule has 0 amide bonds. The molecule has 0 spiro atoms. The van der Waals surface area contributed by atoms with Gasteiger partial charge in [-0.3, -0.25) is 4.79 Å². The third-order valence-electron chi connectivity index (χ3n) is 2.45. The number of Topliss-reactive ketones (excluding diaryl/α,β-unsaturated/α-hetero) is 1. The second-order valence-corrected chi connectivity index (χ2v) is 5.65. The number of thiophene rings is 1. The van der Waals surface area contributed by atoms with Crippen molar-refractivity contribution >= 4 is 33.0 Å². The third-order valence-corrected chi connectivity index (χ3v) is 4.13. The summed E-state index contributed by atoms with van der Waals surface area (Å²) in [6, 6.07) is 1.90. The first-order valence-electron chi connectivity index (χ1n) is 4.76. The van der Waals surface area contributed by atoms with Gasteiger partial charge < -0.3 is 0 Å². The van der Waals surface area contributed by atoms with Crippen molar-refractivity contribution in [2.24, 2.45) is 0 Å². The summed E-state index contributed by atoms with van der Waals surface area (Å²) in [7, 11) is 0. The van der Waals surface area contributed by atoms with Gasteiger partial charge in [-0.2, -0.15) is 0 Å². The first kappa shape index (κ1) is 10.1. The van der Waals surface area contributed by atoms with Crippen LogP contribution in [0.5, 0.6) is 0 Å². The van der Waals surface area contributed by atoms with E-state index in [0.717, 1.165) is 34.2 Å². The quantitative estimate of drug-likeness (QED) is 0.737. The van der Waals surface area contributed by atoms with E-state index in [-0.39, 0.29) is 5.78 Å². The maximum absolute atomic E-state index is 12.0. The van der Waals surface area contributed by atoms with Crippen LogP contribution in [-0.4, -0.2) is 5.78 Å². The SMILES string of the molecule is O=C(C1=CCCCC1)c1ccsc1Br. The van der Waals surface area contributed by atoms with Crippen LogP contribution in [-0.2, 0) is 0 Å². The van der Waals surface area contributed by atoms with Crippen LogP contribution in [0.25, 0.3) is 0 Å². The number of allylic oxidation sites excluding steroid dienone is 2. The van der Waals surface area contributed by atoms with Gasteiger partial charge in [0.1, 0.15) is 0 Å². The molecule has 0 saturated heterocycles. The number of ketones is 1. The van der Waals surface area contributed by atoms with Gasteiger partial charge in [0.15, 0.2) is 5.78 Å². The predicted octanol–water partition coefficient (Wildman–Crippen LogP) is 4.19. The Balaban J connectivity index is 2.23. The van der Waals surface area contributed by atoms with Crippen LogP contribution in [0.4, 0.5) is 0 Å². The molecule has 1 aromatic rings. The standard InChI is InChI=1S/C11H11BrOS/c12-11-9(6-7-14-11)10(13)8-4-2-1-3-5-8/h4,6-7H,1-3,5H2. The van der Waals surface area contributed by atoms with E-state index in [2.05, 4.69) is 22.0 Å². The van der Waals surface area contributed by atoms with Gasteiger partial charge in [0.25, 0.3) is 0 Å². The van der Waals surface area contributed by atoms with Crippen LogP contribution in [0.3, 0.4) is 0 Å². The molecule has 0 saturated carbocycles. The Kier molecular flexibility index (Phi) is 3.19. The summed E-state index contributed by atoms with van der Waals surface area (Å²) in [6.45, 7) is 0. The van der Waals surface area contributed by atoms with Gasteiger partial charge in [0, 0.05) is 5.56 Å². The molecule has 1 aliphatic carbocycles. The first-order valence-corrected chi connectivity index (χ1v) is 6.43. The second kappa shape index (κ2) is 4.41. The summed E-state index contributed by atoms with van der Waals surface area (Å²) in [5.74, 6) is 0.206.